The van der Waals surface area contributed by atoms with Crippen molar-refractivity contribution in [1.29, 1.82) is 0 Å². The molecular formula is C8H11S. The lowest BCUT2D eigenvalue weighted by Crippen LogP contribution is -2.14. The molecule has 9 heavy (non-hydrogen) atoms. The number of hydrogen-bond donors (Lipinski definition) is 0. The number of rotatable bonds is 1. The van der Waals surface area contributed by atoms with E-state index in [1.54, 1.807) is 0 Å². The molecule has 0 heterocycles. The van der Waals surface area contributed by atoms with Crippen molar-refractivity contribution in [2.45, 2.75) is 36.9 Å². The quantitative estimate of drug-likeness (QED) is 0.490. The first kappa shape index (κ1) is 7.02. The molecule has 0 N–H and O–H groups in total. The van der Waals surface area contributed by atoms with Gasteiger partial charge in [0.15, 0.2) is 0 Å². The molecule has 1 radical (unpaired) electrons. The van der Waals surface area contributed by atoms with E-state index in [0.717, 1.165) is 19.3 Å². The van der Waals surface area contributed by atoms with Crippen LogP contribution in [0.15, 0.2) is 0 Å². The van der Waals surface area contributed by atoms with Crippen molar-refractivity contribution in [3.05, 3.63) is 0 Å². The summed E-state index contributed by atoms with van der Waals surface area (Å²) in [5.41, 5.74) is 0. The predicted molar refractivity (Wildman–Crippen MR) is 42.2 cm³/mol. The van der Waals surface area contributed by atoms with Crippen LogP contribution in [-0.4, -0.2) is 4.75 Å². The third-order valence-corrected chi connectivity index (χ3v) is 2.49. The number of hydrogen-bond acceptors (Lipinski definition) is 0. The van der Waals surface area contributed by atoms with E-state index in [2.05, 4.69) is 5.92 Å². The molecule has 1 rings (SSSR count). The molecule has 1 fully saturated rings. The Morgan fingerprint density at radius 1 is 1.44 bits per heavy atom. The zero-order chi connectivity index (χ0) is 6.74. The summed E-state index contributed by atoms with van der Waals surface area (Å²) in [6.07, 6.45) is 10.9. The molecule has 49 valence electrons. The minimum absolute atomic E-state index is 0.0920. The van der Waals surface area contributed by atoms with E-state index >= 15 is 0 Å². The molecule has 1 aliphatic rings. The highest BCUT2D eigenvalue weighted by Gasteiger charge is 2.29. The van der Waals surface area contributed by atoms with Gasteiger partial charge in [-0.1, -0.05) is 25.5 Å². The van der Waals surface area contributed by atoms with E-state index < -0.39 is 0 Å². The van der Waals surface area contributed by atoms with Gasteiger partial charge in [-0.05, 0) is 12.8 Å². The molecule has 0 saturated heterocycles. The van der Waals surface area contributed by atoms with Crippen LogP contribution >= 0.6 is 12.6 Å². The van der Waals surface area contributed by atoms with E-state index in [-0.39, 0.29) is 4.75 Å². The SMILES string of the molecule is C#CCC1([S])CCCC1. The van der Waals surface area contributed by atoms with Crippen molar-refractivity contribution < 1.29 is 0 Å². The van der Waals surface area contributed by atoms with Crippen LogP contribution in [0.1, 0.15) is 32.1 Å². The minimum atomic E-state index is 0.0920. The van der Waals surface area contributed by atoms with Gasteiger partial charge in [0.05, 0.1) is 0 Å². The second-order valence-electron chi connectivity index (χ2n) is 2.77. The van der Waals surface area contributed by atoms with Gasteiger partial charge in [-0.25, -0.2) is 0 Å². The topological polar surface area (TPSA) is 0 Å². The van der Waals surface area contributed by atoms with Crippen LogP contribution in [0.3, 0.4) is 0 Å². The first-order valence-corrected chi connectivity index (χ1v) is 3.82. The Kier molecular flexibility index (Phi) is 2.08. The van der Waals surface area contributed by atoms with Crippen molar-refractivity contribution in [2.24, 2.45) is 0 Å². The lowest BCUT2D eigenvalue weighted by molar-refractivity contribution is 0.632. The first-order valence-electron chi connectivity index (χ1n) is 3.41. The Morgan fingerprint density at radius 3 is 2.44 bits per heavy atom. The van der Waals surface area contributed by atoms with Gasteiger partial charge in [0, 0.05) is 11.2 Å². The van der Waals surface area contributed by atoms with E-state index in [0.29, 0.717) is 0 Å². The van der Waals surface area contributed by atoms with Gasteiger partial charge < -0.3 is 0 Å². The maximum absolute atomic E-state index is 5.32. The summed E-state index contributed by atoms with van der Waals surface area (Å²) >= 11 is 5.32. The fourth-order valence-electron chi connectivity index (χ4n) is 1.38. The summed E-state index contributed by atoms with van der Waals surface area (Å²) in [6, 6.07) is 0. The van der Waals surface area contributed by atoms with Crippen molar-refractivity contribution in [2.75, 3.05) is 0 Å². The zero-order valence-electron chi connectivity index (χ0n) is 5.52. The van der Waals surface area contributed by atoms with Crippen molar-refractivity contribution in [1.82, 2.24) is 0 Å². The van der Waals surface area contributed by atoms with Crippen molar-refractivity contribution >= 4 is 12.6 Å². The maximum Gasteiger partial charge on any atom is 0.0372 e. The second-order valence-corrected chi connectivity index (χ2v) is 3.64. The van der Waals surface area contributed by atoms with Crippen LogP contribution in [-0.2, 0) is 0 Å². The molecule has 0 aliphatic heterocycles. The summed E-state index contributed by atoms with van der Waals surface area (Å²) < 4.78 is 0.0920. The molecular weight excluding hydrogens is 128 g/mol. The maximum atomic E-state index is 5.32. The van der Waals surface area contributed by atoms with E-state index in [4.69, 9.17) is 19.1 Å². The molecule has 0 nitrogen and oxygen atoms in total. The van der Waals surface area contributed by atoms with Crippen LogP contribution < -0.4 is 0 Å². The van der Waals surface area contributed by atoms with E-state index in [9.17, 15) is 0 Å². The third kappa shape index (κ3) is 1.66. The molecule has 0 spiro atoms. The molecule has 0 aromatic heterocycles. The molecule has 1 heteroatoms. The summed E-state index contributed by atoms with van der Waals surface area (Å²) in [6.45, 7) is 0. The minimum Gasteiger partial charge on any atom is -0.120 e. The molecule has 1 aliphatic carbocycles. The molecule has 1 saturated carbocycles. The summed E-state index contributed by atoms with van der Waals surface area (Å²) in [5, 5.41) is 0. The fourth-order valence-corrected chi connectivity index (χ4v) is 1.75. The number of terminal acetylenes is 1. The normalized spacial score (nSPS) is 23.6. The van der Waals surface area contributed by atoms with Crippen LogP contribution in [0.4, 0.5) is 0 Å². The highest BCUT2D eigenvalue weighted by atomic mass is 32.1. The molecule has 0 aromatic rings. The molecule has 0 amide bonds. The van der Waals surface area contributed by atoms with Crippen LogP contribution in [0.2, 0.25) is 0 Å². The Morgan fingerprint density at radius 2 is 2.00 bits per heavy atom. The first-order chi connectivity index (χ1) is 4.27. The monoisotopic (exact) mass is 139 g/mol. The van der Waals surface area contributed by atoms with Crippen molar-refractivity contribution in [3.63, 3.8) is 0 Å². The smallest absolute Gasteiger partial charge is 0.0372 e. The largest absolute Gasteiger partial charge is 0.120 e. The lowest BCUT2D eigenvalue weighted by Gasteiger charge is -2.16. The third-order valence-electron chi connectivity index (χ3n) is 1.94. The van der Waals surface area contributed by atoms with Gasteiger partial charge in [0.25, 0.3) is 0 Å². The summed E-state index contributed by atoms with van der Waals surface area (Å²) in [5.74, 6) is 2.65. The van der Waals surface area contributed by atoms with Crippen LogP contribution in [0.5, 0.6) is 0 Å². The fraction of sp³-hybridized carbons (Fsp3) is 0.750. The average Bonchev–Trinajstić information content (AvgIpc) is 2.16. The summed E-state index contributed by atoms with van der Waals surface area (Å²) in [4.78, 5) is 0. The Bertz CT molecular complexity index is 126. The van der Waals surface area contributed by atoms with Crippen molar-refractivity contribution in [3.8, 4) is 12.3 Å². The van der Waals surface area contributed by atoms with E-state index in [1.807, 2.05) is 0 Å². The van der Waals surface area contributed by atoms with Gasteiger partial charge in [-0.15, -0.1) is 12.3 Å². The Hall–Kier alpha value is -0.0900. The van der Waals surface area contributed by atoms with Crippen LogP contribution in [0.25, 0.3) is 0 Å². The predicted octanol–water partition coefficient (Wildman–Crippen LogP) is 2.52. The van der Waals surface area contributed by atoms with Gasteiger partial charge >= 0.3 is 0 Å². The Balaban J connectivity index is 2.43. The lowest BCUT2D eigenvalue weighted by atomic mass is 10.0. The van der Waals surface area contributed by atoms with Crippen LogP contribution in [0, 0.1) is 12.3 Å². The standard InChI is InChI=1S/C8H11S/c1-2-5-8(9)6-3-4-7-8/h1H,3-7H2. The van der Waals surface area contributed by atoms with E-state index in [1.165, 1.54) is 12.8 Å². The molecule has 0 unspecified atom stereocenters. The molecule has 0 bridgehead atoms. The zero-order valence-corrected chi connectivity index (χ0v) is 6.34. The van der Waals surface area contributed by atoms with Gasteiger partial charge in [0.2, 0.25) is 0 Å². The molecule has 0 aromatic carbocycles. The van der Waals surface area contributed by atoms with Gasteiger partial charge in [-0.3, -0.25) is 0 Å². The van der Waals surface area contributed by atoms with Gasteiger partial charge in [0.1, 0.15) is 0 Å². The second kappa shape index (κ2) is 2.66. The highest BCUT2D eigenvalue weighted by Crippen LogP contribution is 2.37. The Labute approximate surface area is 62.4 Å². The average molecular weight is 139 g/mol. The highest BCUT2D eigenvalue weighted by molar-refractivity contribution is 7.81. The summed E-state index contributed by atoms with van der Waals surface area (Å²) in [7, 11) is 0. The molecule has 0 atom stereocenters. The van der Waals surface area contributed by atoms with Gasteiger partial charge in [-0.2, -0.15) is 0 Å².